The fourth-order valence-corrected chi connectivity index (χ4v) is 3.77. The molecule has 7 heteroatoms. The average Bonchev–Trinajstić information content (AvgIpc) is 2.55. The van der Waals surface area contributed by atoms with Gasteiger partial charge in [0.2, 0.25) is 11.6 Å². The van der Waals surface area contributed by atoms with Gasteiger partial charge in [-0.3, -0.25) is 10.1 Å². The highest BCUT2D eigenvalue weighted by Gasteiger charge is 2.34. The van der Waals surface area contributed by atoms with Crippen molar-refractivity contribution in [2.24, 2.45) is 0 Å². The molecule has 0 bridgehead atoms. The molecule has 0 radical (unpaired) electrons. The minimum atomic E-state index is -0.298. The van der Waals surface area contributed by atoms with Crippen molar-refractivity contribution in [3.8, 4) is 0 Å². The van der Waals surface area contributed by atoms with Crippen molar-refractivity contribution in [1.82, 2.24) is 9.97 Å². The Bertz CT molecular complexity index is 539. The van der Waals surface area contributed by atoms with Crippen LogP contribution in [-0.2, 0) is 0 Å². The van der Waals surface area contributed by atoms with Gasteiger partial charge in [-0.1, -0.05) is 0 Å². The van der Waals surface area contributed by atoms with E-state index in [0.29, 0.717) is 11.6 Å². The number of nitro groups is 1. The van der Waals surface area contributed by atoms with Crippen molar-refractivity contribution in [1.29, 1.82) is 0 Å². The zero-order valence-electron chi connectivity index (χ0n) is 13.9. The standard InChI is InChI=1S/C16H25N5O2/c1-12-7-3-5-9-19(12)15-14(21(22)23)16(18-11-17-15)20-10-6-4-8-13(20)2/h11-13H,3-10H2,1-2H3. The van der Waals surface area contributed by atoms with Crippen molar-refractivity contribution in [2.45, 2.75) is 64.5 Å². The summed E-state index contributed by atoms with van der Waals surface area (Å²) in [6.07, 6.45) is 8.05. The Labute approximate surface area is 136 Å². The first-order chi connectivity index (χ1) is 11.1. The van der Waals surface area contributed by atoms with Crippen LogP contribution in [0.1, 0.15) is 52.4 Å². The molecule has 23 heavy (non-hydrogen) atoms. The summed E-state index contributed by atoms with van der Waals surface area (Å²) in [5.41, 5.74) is 0.0787. The first-order valence-electron chi connectivity index (χ1n) is 8.62. The normalized spacial score (nSPS) is 25.5. The lowest BCUT2D eigenvalue weighted by atomic mass is 10.0. The van der Waals surface area contributed by atoms with Crippen LogP contribution >= 0.6 is 0 Å². The lowest BCUT2D eigenvalue weighted by Gasteiger charge is -2.36. The fourth-order valence-electron chi connectivity index (χ4n) is 3.77. The summed E-state index contributed by atoms with van der Waals surface area (Å²) in [7, 11) is 0. The second-order valence-corrected chi connectivity index (χ2v) is 6.70. The maximum Gasteiger partial charge on any atom is 0.353 e. The summed E-state index contributed by atoms with van der Waals surface area (Å²) >= 11 is 0. The van der Waals surface area contributed by atoms with Gasteiger partial charge in [0.1, 0.15) is 6.33 Å². The molecule has 1 aromatic heterocycles. The molecule has 3 heterocycles. The molecule has 2 aliphatic rings. The number of rotatable bonds is 3. The maximum absolute atomic E-state index is 11.8. The molecule has 3 rings (SSSR count). The van der Waals surface area contributed by atoms with E-state index in [2.05, 4.69) is 33.6 Å². The van der Waals surface area contributed by atoms with Gasteiger partial charge >= 0.3 is 5.69 Å². The van der Waals surface area contributed by atoms with E-state index in [-0.39, 0.29) is 22.7 Å². The molecule has 0 saturated carbocycles. The van der Waals surface area contributed by atoms with Crippen LogP contribution in [0.15, 0.2) is 6.33 Å². The Morgan fingerprint density at radius 2 is 1.48 bits per heavy atom. The molecular formula is C16H25N5O2. The number of hydrogen-bond acceptors (Lipinski definition) is 6. The van der Waals surface area contributed by atoms with Crippen LogP contribution in [0.25, 0.3) is 0 Å². The predicted molar refractivity (Wildman–Crippen MR) is 90.0 cm³/mol. The monoisotopic (exact) mass is 319 g/mol. The van der Waals surface area contributed by atoms with Gasteiger partial charge in [-0.25, -0.2) is 9.97 Å². The molecule has 0 N–H and O–H groups in total. The van der Waals surface area contributed by atoms with Crippen LogP contribution in [0.3, 0.4) is 0 Å². The van der Waals surface area contributed by atoms with Gasteiger partial charge < -0.3 is 9.80 Å². The number of anilines is 2. The third kappa shape index (κ3) is 3.09. The molecule has 0 amide bonds. The van der Waals surface area contributed by atoms with E-state index in [0.717, 1.165) is 38.8 Å². The van der Waals surface area contributed by atoms with Crippen molar-refractivity contribution < 1.29 is 4.92 Å². The maximum atomic E-state index is 11.8. The third-order valence-electron chi connectivity index (χ3n) is 5.12. The van der Waals surface area contributed by atoms with E-state index in [9.17, 15) is 10.1 Å². The highest BCUT2D eigenvalue weighted by molar-refractivity contribution is 5.72. The van der Waals surface area contributed by atoms with Gasteiger partial charge in [0, 0.05) is 25.2 Å². The molecule has 2 unspecified atom stereocenters. The zero-order chi connectivity index (χ0) is 16.4. The smallest absolute Gasteiger partial charge is 0.348 e. The van der Waals surface area contributed by atoms with Gasteiger partial charge in [0.25, 0.3) is 0 Å². The van der Waals surface area contributed by atoms with Crippen LogP contribution in [-0.4, -0.2) is 40.1 Å². The van der Waals surface area contributed by atoms with Crippen LogP contribution in [0, 0.1) is 10.1 Å². The van der Waals surface area contributed by atoms with Gasteiger partial charge in [0.05, 0.1) is 4.92 Å². The van der Waals surface area contributed by atoms with E-state index in [1.54, 1.807) is 0 Å². The first-order valence-corrected chi connectivity index (χ1v) is 8.62. The Morgan fingerprint density at radius 1 is 1.00 bits per heavy atom. The number of hydrogen-bond donors (Lipinski definition) is 0. The lowest BCUT2D eigenvalue weighted by Crippen LogP contribution is -2.40. The van der Waals surface area contributed by atoms with E-state index in [1.165, 1.54) is 19.2 Å². The molecule has 0 aromatic carbocycles. The summed E-state index contributed by atoms with van der Waals surface area (Å²) < 4.78 is 0. The molecule has 2 saturated heterocycles. The largest absolute Gasteiger partial charge is 0.353 e. The van der Waals surface area contributed by atoms with Gasteiger partial charge in [0.15, 0.2) is 0 Å². The summed E-state index contributed by atoms with van der Waals surface area (Å²) in [6.45, 7) is 5.89. The molecule has 0 aliphatic carbocycles. The van der Waals surface area contributed by atoms with Gasteiger partial charge in [-0.2, -0.15) is 0 Å². The number of nitrogens with zero attached hydrogens (tertiary/aromatic N) is 5. The Hall–Kier alpha value is -1.92. The van der Waals surface area contributed by atoms with E-state index in [1.807, 2.05) is 0 Å². The molecule has 7 nitrogen and oxygen atoms in total. The molecule has 2 fully saturated rings. The Kier molecular flexibility index (Phi) is 4.63. The van der Waals surface area contributed by atoms with Crippen LogP contribution in [0.5, 0.6) is 0 Å². The second-order valence-electron chi connectivity index (χ2n) is 6.70. The van der Waals surface area contributed by atoms with E-state index in [4.69, 9.17) is 0 Å². The lowest BCUT2D eigenvalue weighted by molar-refractivity contribution is -0.383. The average molecular weight is 319 g/mol. The van der Waals surface area contributed by atoms with Crippen molar-refractivity contribution in [3.05, 3.63) is 16.4 Å². The summed E-state index contributed by atoms with van der Waals surface area (Å²) in [4.78, 5) is 24.3. The number of piperidine rings is 2. The minimum Gasteiger partial charge on any atom is -0.348 e. The second kappa shape index (κ2) is 6.68. The molecule has 1 aromatic rings. The van der Waals surface area contributed by atoms with Gasteiger partial charge in [-0.05, 0) is 52.4 Å². The minimum absolute atomic E-state index is 0.0787. The van der Waals surface area contributed by atoms with Crippen LogP contribution < -0.4 is 9.80 Å². The molecule has 0 spiro atoms. The Balaban J connectivity index is 2.03. The summed E-state index contributed by atoms with van der Waals surface area (Å²) in [5.74, 6) is 0.981. The van der Waals surface area contributed by atoms with Crippen LogP contribution in [0.4, 0.5) is 17.3 Å². The molecule has 2 aliphatic heterocycles. The topological polar surface area (TPSA) is 75.4 Å². The number of aromatic nitrogens is 2. The van der Waals surface area contributed by atoms with E-state index >= 15 is 0 Å². The van der Waals surface area contributed by atoms with E-state index < -0.39 is 0 Å². The van der Waals surface area contributed by atoms with Crippen molar-refractivity contribution in [2.75, 3.05) is 22.9 Å². The fraction of sp³-hybridized carbons (Fsp3) is 0.750. The third-order valence-corrected chi connectivity index (χ3v) is 5.12. The predicted octanol–water partition coefficient (Wildman–Crippen LogP) is 3.14. The summed E-state index contributed by atoms with van der Waals surface area (Å²) in [6, 6.07) is 0.563. The van der Waals surface area contributed by atoms with Gasteiger partial charge in [-0.15, -0.1) is 0 Å². The zero-order valence-corrected chi connectivity index (χ0v) is 13.9. The highest BCUT2D eigenvalue weighted by Crippen LogP contribution is 2.38. The molecular weight excluding hydrogens is 294 g/mol. The Morgan fingerprint density at radius 3 is 1.87 bits per heavy atom. The molecule has 2 atom stereocenters. The first kappa shape index (κ1) is 16.0. The quantitative estimate of drug-likeness (QED) is 0.629. The molecule has 126 valence electrons. The van der Waals surface area contributed by atoms with Crippen molar-refractivity contribution in [3.63, 3.8) is 0 Å². The highest BCUT2D eigenvalue weighted by atomic mass is 16.6. The van der Waals surface area contributed by atoms with Crippen LogP contribution in [0.2, 0.25) is 0 Å². The summed E-state index contributed by atoms with van der Waals surface area (Å²) in [5, 5.41) is 11.8. The van der Waals surface area contributed by atoms with Crippen molar-refractivity contribution >= 4 is 17.3 Å². The SMILES string of the molecule is CC1CCCCN1c1ncnc(N2CCCCC2C)c1[N+](=O)[O-].